The highest BCUT2D eigenvalue weighted by Gasteiger charge is 2.32. The van der Waals surface area contributed by atoms with Crippen LogP contribution in [0.1, 0.15) is 11.5 Å². The molecule has 0 saturated carbocycles. The fourth-order valence-electron chi connectivity index (χ4n) is 2.46. The Balaban J connectivity index is 0.00000200. The van der Waals surface area contributed by atoms with E-state index in [0.29, 0.717) is 31.8 Å². The number of hydrogen-bond donors (Lipinski definition) is 1. The van der Waals surface area contributed by atoms with E-state index in [-0.39, 0.29) is 36.8 Å². The molecule has 0 radical (unpaired) electrons. The average molecular weight is 347 g/mol. The van der Waals surface area contributed by atoms with Gasteiger partial charge in [0, 0.05) is 38.7 Å². The highest BCUT2D eigenvalue weighted by Crippen LogP contribution is 2.28. The first-order valence-corrected chi connectivity index (χ1v) is 6.14. The van der Waals surface area contributed by atoms with Crippen molar-refractivity contribution in [3.63, 3.8) is 0 Å². The minimum atomic E-state index is -1.44. The second kappa shape index (κ2) is 8.80. The van der Waals surface area contributed by atoms with E-state index >= 15 is 0 Å². The summed E-state index contributed by atoms with van der Waals surface area (Å²) in [6, 6.07) is 1.84. The summed E-state index contributed by atoms with van der Waals surface area (Å²) in [5.41, 5.74) is 6.40. The van der Waals surface area contributed by atoms with Crippen molar-refractivity contribution in [3.8, 4) is 0 Å². The molecule has 0 bridgehead atoms. The van der Waals surface area contributed by atoms with E-state index in [0.717, 1.165) is 12.1 Å². The number of ether oxygens (including phenoxy) is 1. The Morgan fingerprint density at radius 3 is 2.29 bits per heavy atom. The fourth-order valence-corrected chi connectivity index (χ4v) is 2.46. The molecule has 0 spiro atoms. The summed E-state index contributed by atoms with van der Waals surface area (Å²) >= 11 is 0. The van der Waals surface area contributed by atoms with Crippen LogP contribution >= 0.6 is 24.8 Å². The molecule has 0 aliphatic carbocycles. The van der Waals surface area contributed by atoms with Gasteiger partial charge in [-0.15, -0.1) is 24.8 Å². The van der Waals surface area contributed by atoms with Gasteiger partial charge in [-0.2, -0.15) is 0 Å². The Morgan fingerprint density at radius 2 is 1.76 bits per heavy atom. The molecule has 0 unspecified atom stereocenters. The van der Waals surface area contributed by atoms with Gasteiger partial charge in [0.05, 0.1) is 6.61 Å². The van der Waals surface area contributed by atoms with E-state index < -0.39 is 17.5 Å². The lowest BCUT2D eigenvalue weighted by molar-refractivity contribution is 0.160. The molecule has 2 N–H and O–H groups in total. The minimum absolute atomic E-state index is 0. The molecular weight excluding hydrogens is 328 g/mol. The molecule has 21 heavy (non-hydrogen) atoms. The third-order valence-corrected chi connectivity index (χ3v) is 3.49. The number of nitrogens with two attached hydrogens (primary N) is 1. The lowest BCUT2D eigenvalue weighted by atomic mass is 9.94. The summed E-state index contributed by atoms with van der Waals surface area (Å²) in [6.07, 6.45) is 0. The lowest BCUT2D eigenvalue weighted by Crippen LogP contribution is -2.30. The number of rotatable bonds is 4. The standard InChI is InChI=1S/C13H17F3N2O.2ClH/c1-19-3-2-18-6-9(12(17)7-18)8-4-10(14)13(16)11(15)5-8;;/h4-5,9,12H,2-3,6-7,17H2,1H3;2*1H/t9-,12+;;/m0../s1. The first kappa shape index (κ1) is 20.5. The van der Waals surface area contributed by atoms with Gasteiger partial charge in [0.1, 0.15) is 0 Å². The monoisotopic (exact) mass is 346 g/mol. The second-order valence-corrected chi connectivity index (χ2v) is 4.82. The molecule has 2 atom stereocenters. The zero-order valence-corrected chi connectivity index (χ0v) is 13.2. The Morgan fingerprint density at radius 1 is 1.19 bits per heavy atom. The van der Waals surface area contributed by atoms with Crippen LogP contribution in [0.4, 0.5) is 13.2 Å². The SMILES string of the molecule is COCCN1C[C@@H](N)[C@H](c2cc(F)c(F)c(F)c2)C1.Cl.Cl. The van der Waals surface area contributed by atoms with E-state index in [1.807, 2.05) is 0 Å². The molecule has 0 amide bonds. The second-order valence-electron chi connectivity index (χ2n) is 4.82. The Hall–Kier alpha value is -0.530. The predicted octanol–water partition coefficient (Wildman–Crippen LogP) is 2.32. The zero-order valence-electron chi connectivity index (χ0n) is 11.5. The summed E-state index contributed by atoms with van der Waals surface area (Å²) in [4.78, 5) is 2.07. The summed E-state index contributed by atoms with van der Waals surface area (Å²) in [6.45, 7) is 2.52. The van der Waals surface area contributed by atoms with Gasteiger partial charge in [-0.3, -0.25) is 4.90 Å². The van der Waals surface area contributed by atoms with Crippen molar-refractivity contribution in [2.24, 2.45) is 5.73 Å². The highest BCUT2D eigenvalue weighted by molar-refractivity contribution is 5.85. The maximum atomic E-state index is 13.2. The number of likely N-dealkylation sites (tertiary alicyclic amines) is 1. The first-order chi connectivity index (χ1) is 9.02. The Labute approximate surface area is 134 Å². The van der Waals surface area contributed by atoms with Gasteiger partial charge in [0.2, 0.25) is 0 Å². The number of methoxy groups -OCH3 is 1. The largest absolute Gasteiger partial charge is 0.383 e. The molecule has 1 heterocycles. The molecule has 1 aliphatic rings. The van der Waals surface area contributed by atoms with Crippen molar-refractivity contribution in [3.05, 3.63) is 35.1 Å². The first-order valence-electron chi connectivity index (χ1n) is 6.14. The maximum absolute atomic E-state index is 13.2. The van der Waals surface area contributed by atoms with Crippen LogP contribution in [0, 0.1) is 17.5 Å². The van der Waals surface area contributed by atoms with E-state index in [1.54, 1.807) is 7.11 Å². The molecule has 2 rings (SSSR count). The summed E-state index contributed by atoms with van der Waals surface area (Å²) in [7, 11) is 1.61. The molecule has 0 aromatic heterocycles. The highest BCUT2D eigenvalue weighted by atomic mass is 35.5. The van der Waals surface area contributed by atoms with Gasteiger partial charge in [-0.05, 0) is 17.7 Å². The third-order valence-electron chi connectivity index (χ3n) is 3.49. The average Bonchev–Trinajstić information content (AvgIpc) is 2.74. The van der Waals surface area contributed by atoms with E-state index in [1.165, 1.54) is 0 Å². The van der Waals surface area contributed by atoms with Crippen LogP contribution in [0.5, 0.6) is 0 Å². The van der Waals surface area contributed by atoms with Gasteiger partial charge in [-0.1, -0.05) is 0 Å². The predicted molar refractivity (Wildman–Crippen MR) is 79.8 cm³/mol. The lowest BCUT2D eigenvalue weighted by Gasteiger charge is -2.16. The van der Waals surface area contributed by atoms with Gasteiger partial charge >= 0.3 is 0 Å². The smallest absolute Gasteiger partial charge is 0.194 e. The topological polar surface area (TPSA) is 38.5 Å². The van der Waals surface area contributed by atoms with Crippen molar-refractivity contribution in [2.45, 2.75) is 12.0 Å². The minimum Gasteiger partial charge on any atom is -0.383 e. The normalized spacial score (nSPS) is 21.8. The number of nitrogens with zero attached hydrogens (tertiary/aromatic N) is 1. The maximum Gasteiger partial charge on any atom is 0.194 e. The number of benzene rings is 1. The van der Waals surface area contributed by atoms with Crippen LogP contribution < -0.4 is 5.73 Å². The van der Waals surface area contributed by atoms with Gasteiger partial charge < -0.3 is 10.5 Å². The Bertz CT molecular complexity index is 442. The summed E-state index contributed by atoms with van der Waals surface area (Å²) < 4.78 is 44.4. The molecule has 1 aromatic rings. The van der Waals surface area contributed by atoms with Crippen LogP contribution in [0.25, 0.3) is 0 Å². The van der Waals surface area contributed by atoms with Gasteiger partial charge in [0.25, 0.3) is 0 Å². The number of halogens is 5. The summed E-state index contributed by atoms with van der Waals surface area (Å²) in [5.74, 6) is -3.97. The molecule has 1 aromatic carbocycles. The molecule has 1 saturated heterocycles. The Kier molecular flexibility index (Phi) is 8.58. The van der Waals surface area contributed by atoms with E-state index in [9.17, 15) is 13.2 Å². The van der Waals surface area contributed by atoms with Crippen LogP contribution in [0.2, 0.25) is 0 Å². The molecule has 122 valence electrons. The number of hydrogen-bond acceptors (Lipinski definition) is 3. The van der Waals surface area contributed by atoms with Crippen LogP contribution in [0.3, 0.4) is 0 Å². The van der Waals surface area contributed by atoms with E-state index in [2.05, 4.69) is 4.90 Å². The molecule has 8 heteroatoms. The van der Waals surface area contributed by atoms with Crippen LogP contribution in [-0.2, 0) is 4.74 Å². The van der Waals surface area contributed by atoms with Crippen molar-refractivity contribution in [2.75, 3.05) is 33.4 Å². The third kappa shape index (κ3) is 4.72. The van der Waals surface area contributed by atoms with Crippen LogP contribution in [-0.4, -0.2) is 44.3 Å². The van der Waals surface area contributed by atoms with Crippen molar-refractivity contribution < 1.29 is 17.9 Å². The van der Waals surface area contributed by atoms with Crippen molar-refractivity contribution in [1.82, 2.24) is 4.90 Å². The summed E-state index contributed by atoms with van der Waals surface area (Å²) in [5, 5.41) is 0. The zero-order chi connectivity index (χ0) is 14.0. The molecular formula is C13H19Cl2F3N2O. The van der Waals surface area contributed by atoms with Crippen molar-refractivity contribution in [1.29, 1.82) is 0 Å². The quantitative estimate of drug-likeness (QED) is 0.850. The van der Waals surface area contributed by atoms with Gasteiger partial charge in [-0.25, -0.2) is 13.2 Å². The van der Waals surface area contributed by atoms with Crippen LogP contribution in [0.15, 0.2) is 12.1 Å². The van der Waals surface area contributed by atoms with Gasteiger partial charge in [0.15, 0.2) is 17.5 Å². The van der Waals surface area contributed by atoms with Crippen molar-refractivity contribution >= 4 is 24.8 Å². The molecule has 3 nitrogen and oxygen atoms in total. The molecule has 1 aliphatic heterocycles. The van der Waals surface area contributed by atoms with E-state index in [4.69, 9.17) is 10.5 Å². The fraction of sp³-hybridized carbons (Fsp3) is 0.538. The molecule has 1 fully saturated rings.